The number of carbonyl (C=O) groups is 3. The number of carbonyl (C=O) groups excluding carboxylic acids is 3. The van der Waals surface area contributed by atoms with Crippen LogP contribution in [-0.2, 0) is 16.2 Å². The van der Waals surface area contributed by atoms with E-state index in [4.69, 9.17) is 32.7 Å². The molecule has 0 spiro atoms. The monoisotopic (exact) mass is 662 g/mol. The molecule has 1 aliphatic rings. The summed E-state index contributed by atoms with van der Waals surface area (Å²) in [5.74, 6) is -0.0705. The molecule has 1 saturated heterocycles. The number of hydrogen-bond donors (Lipinski definition) is 1. The van der Waals surface area contributed by atoms with E-state index in [2.05, 4.69) is 21.2 Å². The number of anilines is 1. The molecule has 3 aromatic rings. The van der Waals surface area contributed by atoms with Gasteiger partial charge in [0, 0.05) is 5.69 Å². The summed E-state index contributed by atoms with van der Waals surface area (Å²) in [6.45, 7) is 5.90. The summed E-state index contributed by atoms with van der Waals surface area (Å²) in [5.41, 5.74) is 4.02. The first kappa shape index (κ1) is 30.0. The Kier molecular flexibility index (Phi) is 9.84. The molecule has 3 amide bonds. The third-order valence-corrected chi connectivity index (χ3v) is 8.29. The Bertz CT molecular complexity index is 1530. The quantitative estimate of drug-likeness (QED) is 0.233. The van der Waals surface area contributed by atoms with Gasteiger partial charge in [-0.05, 0) is 107 Å². The first-order valence-electron chi connectivity index (χ1n) is 12.2. The first-order chi connectivity index (χ1) is 19.1. The molecule has 0 atom stereocenters. The van der Waals surface area contributed by atoms with Crippen molar-refractivity contribution in [2.75, 3.05) is 18.5 Å². The van der Waals surface area contributed by atoms with Gasteiger partial charge < -0.3 is 14.8 Å². The van der Waals surface area contributed by atoms with Gasteiger partial charge in [0.1, 0.15) is 13.2 Å². The van der Waals surface area contributed by atoms with E-state index < -0.39 is 17.1 Å². The van der Waals surface area contributed by atoms with E-state index in [0.29, 0.717) is 43.9 Å². The van der Waals surface area contributed by atoms with Gasteiger partial charge in [0.05, 0.1) is 26.0 Å². The molecule has 40 heavy (non-hydrogen) atoms. The van der Waals surface area contributed by atoms with Crippen molar-refractivity contribution < 1.29 is 23.9 Å². The van der Waals surface area contributed by atoms with Gasteiger partial charge in [-0.15, -0.1) is 0 Å². The second-order valence-electron chi connectivity index (χ2n) is 8.86. The number of amides is 3. The Labute approximate surface area is 254 Å². The van der Waals surface area contributed by atoms with E-state index in [-0.39, 0.29) is 18.1 Å². The zero-order chi connectivity index (χ0) is 29.0. The highest BCUT2D eigenvalue weighted by molar-refractivity contribution is 9.10. The summed E-state index contributed by atoms with van der Waals surface area (Å²) in [5, 5.41) is 3.15. The molecule has 208 valence electrons. The van der Waals surface area contributed by atoms with Gasteiger partial charge in [-0.2, -0.15) is 0 Å². The molecule has 4 rings (SSSR count). The van der Waals surface area contributed by atoms with Crippen molar-refractivity contribution in [1.29, 1.82) is 0 Å². The number of imide groups is 1. The van der Waals surface area contributed by atoms with Crippen LogP contribution in [0.2, 0.25) is 10.0 Å². The van der Waals surface area contributed by atoms with Crippen molar-refractivity contribution in [1.82, 2.24) is 4.90 Å². The van der Waals surface area contributed by atoms with Gasteiger partial charge in [0.15, 0.2) is 11.5 Å². The molecule has 1 aliphatic heterocycles. The molecule has 1 heterocycles. The molecule has 0 aromatic heterocycles. The molecule has 1 fully saturated rings. The van der Waals surface area contributed by atoms with E-state index >= 15 is 0 Å². The van der Waals surface area contributed by atoms with E-state index in [9.17, 15) is 14.4 Å². The lowest BCUT2D eigenvalue weighted by molar-refractivity contribution is -0.127. The SMILES string of the molecule is CCOc1cc(/C=C2/SC(=O)N(CC(=O)Nc3cccc(C)c3C)C2=O)cc(Br)c1OCc1ccc(Cl)c(Cl)c1. The molecule has 3 aromatic carbocycles. The van der Waals surface area contributed by atoms with Crippen LogP contribution in [0, 0.1) is 13.8 Å². The maximum absolute atomic E-state index is 13.1. The predicted molar refractivity (Wildman–Crippen MR) is 163 cm³/mol. The number of benzene rings is 3. The van der Waals surface area contributed by atoms with Crippen LogP contribution in [0.25, 0.3) is 6.08 Å². The Morgan fingerprint density at radius 2 is 1.85 bits per heavy atom. The predicted octanol–water partition coefficient (Wildman–Crippen LogP) is 8.03. The Morgan fingerprint density at radius 1 is 1.07 bits per heavy atom. The number of ether oxygens (including phenoxy) is 2. The summed E-state index contributed by atoms with van der Waals surface area (Å²) >= 11 is 16.4. The van der Waals surface area contributed by atoms with Gasteiger partial charge in [-0.25, -0.2) is 0 Å². The maximum atomic E-state index is 13.1. The van der Waals surface area contributed by atoms with Gasteiger partial charge in [-0.1, -0.05) is 41.4 Å². The summed E-state index contributed by atoms with van der Waals surface area (Å²) in [6, 6.07) is 14.3. The first-order valence-corrected chi connectivity index (χ1v) is 14.6. The fourth-order valence-corrected chi connectivity index (χ4v) is 5.60. The maximum Gasteiger partial charge on any atom is 0.294 e. The summed E-state index contributed by atoms with van der Waals surface area (Å²) in [6.07, 6.45) is 1.59. The molecule has 11 heteroatoms. The minimum atomic E-state index is -0.542. The summed E-state index contributed by atoms with van der Waals surface area (Å²) in [4.78, 5) is 39.5. The standard InChI is InChI=1S/C29H25BrCl2N2O5S/c1-4-38-24-12-19(10-20(30)27(24)39-15-18-8-9-21(31)22(32)11-18)13-25-28(36)34(29(37)40-25)14-26(35)33-23-7-5-6-16(2)17(23)3/h5-13H,4,14-15H2,1-3H3,(H,33,35)/b25-13+. The number of thioether (sulfide) groups is 1. The summed E-state index contributed by atoms with van der Waals surface area (Å²) < 4.78 is 12.4. The van der Waals surface area contributed by atoms with Crippen molar-refractivity contribution in [2.45, 2.75) is 27.4 Å². The lowest BCUT2D eigenvalue weighted by Crippen LogP contribution is -2.36. The number of rotatable bonds is 9. The fourth-order valence-electron chi connectivity index (χ4n) is 3.87. The van der Waals surface area contributed by atoms with Gasteiger partial charge in [0.25, 0.3) is 11.1 Å². The van der Waals surface area contributed by atoms with Gasteiger partial charge in [-0.3, -0.25) is 19.3 Å². The van der Waals surface area contributed by atoms with Crippen molar-refractivity contribution in [3.63, 3.8) is 0 Å². The van der Waals surface area contributed by atoms with Crippen LogP contribution in [0.4, 0.5) is 10.5 Å². The molecule has 0 aliphatic carbocycles. The van der Waals surface area contributed by atoms with Crippen LogP contribution in [0.5, 0.6) is 11.5 Å². The molecule has 7 nitrogen and oxygen atoms in total. The number of nitrogens with zero attached hydrogens (tertiary/aromatic N) is 1. The Hall–Kier alpha value is -2.98. The molecular formula is C29H25BrCl2N2O5S. The topological polar surface area (TPSA) is 84.9 Å². The molecule has 0 saturated carbocycles. The van der Waals surface area contributed by atoms with E-state index in [0.717, 1.165) is 33.4 Å². The lowest BCUT2D eigenvalue weighted by Gasteiger charge is -2.15. The number of aryl methyl sites for hydroxylation is 1. The third-order valence-electron chi connectivity index (χ3n) is 6.05. The normalized spacial score (nSPS) is 14.2. The highest BCUT2D eigenvalue weighted by Gasteiger charge is 2.36. The van der Waals surface area contributed by atoms with Crippen molar-refractivity contribution >= 4 is 79.7 Å². The van der Waals surface area contributed by atoms with Crippen LogP contribution in [-0.4, -0.2) is 35.1 Å². The van der Waals surface area contributed by atoms with Crippen LogP contribution >= 0.6 is 50.9 Å². The Balaban J connectivity index is 1.50. The minimum absolute atomic E-state index is 0.198. The molecule has 0 unspecified atom stereocenters. The smallest absolute Gasteiger partial charge is 0.294 e. The fraction of sp³-hybridized carbons (Fsp3) is 0.207. The highest BCUT2D eigenvalue weighted by Crippen LogP contribution is 2.40. The molecule has 1 N–H and O–H groups in total. The number of halogens is 3. The van der Waals surface area contributed by atoms with Crippen LogP contribution in [0.3, 0.4) is 0 Å². The van der Waals surface area contributed by atoms with E-state index in [1.165, 1.54) is 0 Å². The number of nitrogens with one attached hydrogen (secondary N) is 1. The van der Waals surface area contributed by atoms with Gasteiger partial charge in [0.2, 0.25) is 5.91 Å². The van der Waals surface area contributed by atoms with Gasteiger partial charge >= 0.3 is 0 Å². The van der Waals surface area contributed by atoms with Crippen LogP contribution in [0.1, 0.15) is 29.2 Å². The van der Waals surface area contributed by atoms with Crippen molar-refractivity contribution in [3.8, 4) is 11.5 Å². The number of hydrogen-bond acceptors (Lipinski definition) is 6. The average molecular weight is 664 g/mol. The second-order valence-corrected chi connectivity index (χ2v) is 11.5. The molecular weight excluding hydrogens is 639 g/mol. The summed E-state index contributed by atoms with van der Waals surface area (Å²) in [7, 11) is 0. The minimum Gasteiger partial charge on any atom is -0.490 e. The van der Waals surface area contributed by atoms with Crippen LogP contribution < -0.4 is 14.8 Å². The lowest BCUT2D eigenvalue weighted by atomic mass is 10.1. The van der Waals surface area contributed by atoms with E-state index in [1.54, 1.807) is 36.4 Å². The second kappa shape index (κ2) is 13.1. The Morgan fingerprint density at radius 3 is 2.58 bits per heavy atom. The zero-order valence-electron chi connectivity index (χ0n) is 21.8. The average Bonchev–Trinajstić information content (AvgIpc) is 3.15. The largest absolute Gasteiger partial charge is 0.490 e. The molecule has 0 radical (unpaired) electrons. The zero-order valence-corrected chi connectivity index (χ0v) is 25.8. The van der Waals surface area contributed by atoms with Crippen molar-refractivity contribution in [2.24, 2.45) is 0 Å². The van der Waals surface area contributed by atoms with Crippen LogP contribution in [0.15, 0.2) is 57.9 Å². The molecule has 0 bridgehead atoms. The van der Waals surface area contributed by atoms with E-state index in [1.807, 2.05) is 39.0 Å². The highest BCUT2D eigenvalue weighted by atomic mass is 79.9. The van der Waals surface area contributed by atoms with Crippen molar-refractivity contribution in [3.05, 3.63) is 90.2 Å². The third kappa shape index (κ3) is 7.01.